The number of rotatable bonds is 3. The second-order valence-corrected chi connectivity index (χ2v) is 15.1. The van der Waals surface area contributed by atoms with Crippen LogP contribution in [0.4, 0.5) is 0 Å². The SMILES string of the molecule is CC1C[C@H]2[C@@H]3CC[C@H]4NC(=O)C=C[C@]4(C)[C@H]3CC[C@]2(C)[C@H]1C(=O)NCC12CC3CC(CC(C3)C1)C2. The molecule has 1 unspecified atom stereocenters. The topological polar surface area (TPSA) is 58.2 Å². The van der Waals surface area contributed by atoms with Gasteiger partial charge in [-0.25, -0.2) is 0 Å². The third-order valence-corrected chi connectivity index (χ3v) is 13.1. The van der Waals surface area contributed by atoms with Crippen molar-refractivity contribution < 1.29 is 9.59 Å². The van der Waals surface area contributed by atoms with Crippen molar-refractivity contribution in [2.75, 3.05) is 6.54 Å². The Morgan fingerprint density at radius 1 is 1.00 bits per heavy atom. The molecule has 1 heterocycles. The molecule has 0 aromatic rings. The first kappa shape index (κ1) is 22.8. The predicted octanol–water partition coefficient (Wildman–Crippen LogP) is 5.48. The van der Waals surface area contributed by atoms with E-state index in [4.69, 9.17) is 0 Å². The minimum absolute atomic E-state index is 0.0697. The first-order valence-corrected chi connectivity index (χ1v) is 15.0. The largest absolute Gasteiger partial charge is 0.355 e. The van der Waals surface area contributed by atoms with E-state index >= 15 is 0 Å². The molecule has 1 aliphatic heterocycles. The van der Waals surface area contributed by atoms with Crippen LogP contribution < -0.4 is 10.6 Å². The molecule has 192 valence electrons. The van der Waals surface area contributed by atoms with Crippen molar-refractivity contribution in [3.05, 3.63) is 12.2 Å². The predicted molar refractivity (Wildman–Crippen MR) is 137 cm³/mol. The number of fused-ring (bicyclic) bond motifs is 5. The van der Waals surface area contributed by atoms with Gasteiger partial charge in [-0.1, -0.05) is 26.8 Å². The van der Waals surface area contributed by atoms with Gasteiger partial charge in [0.25, 0.3) is 0 Å². The molecule has 4 heteroatoms. The summed E-state index contributed by atoms with van der Waals surface area (Å²) in [5.74, 6) is 5.84. The quantitative estimate of drug-likeness (QED) is 0.564. The van der Waals surface area contributed by atoms with Crippen LogP contribution in [0.3, 0.4) is 0 Å². The Labute approximate surface area is 211 Å². The highest BCUT2D eigenvalue weighted by molar-refractivity contribution is 5.89. The average Bonchev–Trinajstić information content (AvgIpc) is 3.07. The van der Waals surface area contributed by atoms with Crippen LogP contribution in [0.5, 0.6) is 0 Å². The normalized spacial score (nSPS) is 55.6. The first-order valence-electron chi connectivity index (χ1n) is 15.0. The lowest BCUT2D eigenvalue weighted by Crippen LogP contribution is -2.59. The van der Waals surface area contributed by atoms with Gasteiger partial charge in [0.05, 0.1) is 0 Å². The Hall–Kier alpha value is -1.32. The number of hydrogen-bond donors (Lipinski definition) is 2. The van der Waals surface area contributed by atoms with Gasteiger partial charge in [-0.3, -0.25) is 9.59 Å². The van der Waals surface area contributed by atoms with Crippen LogP contribution in [0.1, 0.15) is 91.4 Å². The highest BCUT2D eigenvalue weighted by atomic mass is 16.2. The lowest BCUT2D eigenvalue weighted by Gasteiger charge is -2.59. The van der Waals surface area contributed by atoms with E-state index in [1.165, 1.54) is 57.8 Å². The Kier molecular flexibility index (Phi) is 4.96. The summed E-state index contributed by atoms with van der Waals surface area (Å²) in [5, 5.41) is 6.88. The minimum Gasteiger partial charge on any atom is -0.355 e. The van der Waals surface area contributed by atoms with E-state index < -0.39 is 0 Å². The standard InChI is InChI=1S/C31H46N2O2/c1-18-10-24-22-4-5-25-29(2,9-7-26(34)33-25)23(22)6-8-30(24,3)27(18)28(35)32-17-31-14-19-11-20(15-31)13-21(12-19)16-31/h7,9,18-25,27H,4-6,8,10-17H2,1-3H3,(H,32,35)(H,33,34)/t18?,19?,20?,21?,22-,23+,24+,25-,27-,29-,30+,31?/m1/s1. The second kappa shape index (κ2) is 7.60. The van der Waals surface area contributed by atoms with Crippen molar-refractivity contribution >= 4 is 11.8 Å². The Bertz CT molecular complexity index is 920. The van der Waals surface area contributed by atoms with E-state index in [0.717, 1.165) is 37.1 Å². The fourth-order valence-electron chi connectivity index (χ4n) is 12.1. The van der Waals surface area contributed by atoms with Crippen molar-refractivity contribution in [1.82, 2.24) is 10.6 Å². The Balaban J connectivity index is 1.08. The molecule has 0 saturated heterocycles. The zero-order chi connectivity index (χ0) is 24.2. The smallest absolute Gasteiger partial charge is 0.243 e. The van der Waals surface area contributed by atoms with Crippen molar-refractivity contribution in [3.63, 3.8) is 0 Å². The van der Waals surface area contributed by atoms with Gasteiger partial charge >= 0.3 is 0 Å². The molecule has 7 saturated carbocycles. The molecular weight excluding hydrogens is 432 g/mol. The number of hydrogen-bond acceptors (Lipinski definition) is 2. The molecule has 4 nitrogen and oxygen atoms in total. The Morgan fingerprint density at radius 2 is 1.69 bits per heavy atom. The highest BCUT2D eigenvalue weighted by Crippen LogP contribution is 2.66. The van der Waals surface area contributed by atoms with Crippen LogP contribution in [0.2, 0.25) is 0 Å². The van der Waals surface area contributed by atoms with Crippen LogP contribution in [0.15, 0.2) is 12.2 Å². The molecule has 2 N–H and O–H groups in total. The summed E-state index contributed by atoms with van der Waals surface area (Å²) in [6.45, 7) is 8.16. The van der Waals surface area contributed by atoms with Crippen molar-refractivity contribution in [3.8, 4) is 0 Å². The number of carbonyl (C=O) groups is 2. The molecule has 0 spiro atoms. The van der Waals surface area contributed by atoms with E-state index in [2.05, 4.69) is 37.5 Å². The zero-order valence-electron chi connectivity index (χ0n) is 22.2. The fourth-order valence-corrected chi connectivity index (χ4v) is 12.1. The summed E-state index contributed by atoms with van der Waals surface area (Å²) in [6.07, 6.45) is 18.4. The molecule has 0 aromatic carbocycles. The molecule has 4 bridgehead atoms. The number of nitrogens with one attached hydrogen (secondary N) is 2. The monoisotopic (exact) mass is 478 g/mol. The maximum absolute atomic E-state index is 13.9. The van der Waals surface area contributed by atoms with Gasteiger partial charge in [0, 0.05) is 23.9 Å². The van der Waals surface area contributed by atoms with Crippen molar-refractivity contribution in [1.29, 1.82) is 0 Å². The second-order valence-electron chi connectivity index (χ2n) is 15.1. The van der Waals surface area contributed by atoms with Gasteiger partial charge in [0.1, 0.15) is 0 Å². The van der Waals surface area contributed by atoms with Gasteiger partial charge < -0.3 is 10.6 Å². The first-order chi connectivity index (χ1) is 16.7. The zero-order valence-corrected chi connectivity index (χ0v) is 22.2. The molecule has 35 heavy (non-hydrogen) atoms. The van der Waals surface area contributed by atoms with Crippen LogP contribution in [-0.2, 0) is 9.59 Å². The van der Waals surface area contributed by atoms with Gasteiger partial charge in [-0.2, -0.15) is 0 Å². The maximum Gasteiger partial charge on any atom is 0.243 e. The molecule has 8 aliphatic rings. The van der Waals surface area contributed by atoms with Gasteiger partial charge in [0.15, 0.2) is 0 Å². The van der Waals surface area contributed by atoms with E-state index in [1.807, 2.05) is 0 Å². The summed E-state index contributed by atoms with van der Waals surface area (Å²) in [4.78, 5) is 26.0. The van der Waals surface area contributed by atoms with Crippen LogP contribution >= 0.6 is 0 Å². The summed E-state index contributed by atoms with van der Waals surface area (Å²) in [7, 11) is 0. The summed E-state index contributed by atoms with van der Waals surface area (Å²) in [6, 6.07) is 0.281. The summed E-state index contributed by atoms with van der Waals surface area (Å²) < 4.78 is 0. The Morgan fingerprint density at radius 3 is 2.37 bits per heavy atom. The van der Waals surface area contributed by atoms with Crippen molar-refractivity contribution in [2.45, 2.75) is 97.4 Å². The molecule has 8 rings (SSSR count). The van der Waals surface area contributed by atoms with E-state index in [-0.39, 0.29) is 28.7 Å². The molecule has 7 aliphatic carbocycles. The van der Waals surface area contributed by atoms with E-state index in [0.29, 0.717) is 35.0 Å². The molecule has 0 radical (unpaired) electrons. The van der Waals surface area contributed by atoms with Gasteiger partial charge in [0.2, 0.25) is 11.8 Å². The molecule has 7 fully saturated rings. The molecule has 8 atom stereocenters. The van der Waals surface area contributed by atoms with E-state index in [9.17, 15) is 9.59 Å². The summed E-state index contributed by atoms with van der Waals surface area (Å²) >= 11 is 0. The van der Waals surface area contributed by atoms with E-state index in [1.54, 1.807) is 6.08 Å². The third kappa shape index (κ3) is 3.29. The number of carbonyl (C=O) groups excluding carboxylic acids is 2. The van der Waals surface area contributed by atoms with Gasteiger partial charge in [-0.15, -0.1) is 0 Å². The minimum atomic E-state index is 0.0697. The maximum atomic E-state index is 13.9. The lowest BCUT2D eigenvalue weighted by molar-refractivity contribution is -0.137. The van der Waals surface area contributed by atoms with Crippen LogP contribution in [0, 0.1) is 63.6 Å². The molecular formula is C31H46N2O2. The third-order valence-electron chi connectivity index (χ3n) is 13.1. The van der Waals surface area contributed by atoms with Gasteiger partial charge in [-0.05, 0) is 129 Å². The summed E-state index contributed by atoms with van der Waals surface area (Å²) in [5.41, 5.74) is 0.603. The lowest BCUT2D eigenvalue weighted by atomic mass is 9.48. The van der Waals surface area contributed by atoms with Crippen LogP contribution in [-0.4, -0.2) is 24.4 Å². The number of amides is 2. The molecule has 2 amide bonds. The van der Waals surface area contributed by atoms with Crippen LogP contribution in [0.25, 0.3) is 0 Å². The average molecular weight is 479 g/mol. The fraction of sp³-hybridized carbons (Fsp3) is 0.871. The molecule has 0 aromatic heterocycles. The van der Waals surface area contributed by atoms with Crippen molar-refractivity contribution in [2.24, 2.45) is 63.6 Å². The highest BCUT2D eigenvalue weighted by Gasteiger charge is 2.63.